The molecule has 0 saturated heterocycles. The Morgan fingerprint density at radius 2 is 2.14 bits per heavy atom. The first-order valence-electron chi connectivity index (χ1n) is 9.54. The van der Waals surface area contributed by atoms with Gasteiger partial charge in [0.2, 0.25) is 5.91 Å². The molecule has 0 atom stereocenters. The van der Waals surface area contributed by atoms with Crippen LogP contribution in [0.25, 0.3) is 10.9 Å². The van der Waals surface area contributed by atoms with Gasteiger partial charge in [-0.1, -0.05) is 52.6 Å². The number of hydrogen-bond acceptors (Lipinski definition) is 6. The number of unbranched alkanes of at least 4 members (excludes halogenated alkanes) is 2. The van der Waals surface area contributed by atoms with Crippen LogP contribution < -0.4 is 10.9 Å². The van der Waals surface area contributed by atoms with Crippen LogP contribution in [0.1, 0.15) is 38.4 Å². The molecular formula is C20H23BrN4O3S. The summed E-state index contributed by atoms with van der Waals surface area (Å²) in [4.78, 5) is 29.8. The number of fused-ring (bicyclic) bond motifs is 1. The van der Waals surface area contributed by atoms with Gasteiger partial charge in [0.05, 0.1) is 10.9 Å². The molecule has 0 aliphatic rings. The van der Waals surface area contributed by atoms with Crippen molar-refractivity contribution in [2.75, 3.05) is 11.1 Å². The molecule has 0 unspecified atom stereocenters. The maximum Gasteiger partial charge on any atom is 0.262 e. The third kappa shape index (κ3) is 5.70. The number of rotatable bonds is 9. The summed E-state index contributed by atoms with van der Waals surface area (Å²) >= 11 is 4.84. The molecule has 3 aromatic rings. The summed E-state index contributed by atoms with van der Waals surface area (Å²) < 4.78 is 7.52. The van der Waals surface area contributed by atoms with Gasteiger partial charge < -0.3 is 9.84 Å². The number of carbonyl (C=O) groups excluding carboxylic acids is 1. The van der Waals surface area contributed by atoms with E-state index in [0.717, 1.165) is 23.7 Å². The summed E-state index contributed by atoms with van der Waals surface area (Å²) in [6.45, 7) is 4.51. The zero-order valence-corrected chi connectivity index (χ0v) is 18.8. The van der Waals surface area contributed by atoms with Crippen LogP contribution in [0.3, 0.4) is 0 Å². The minimum Gasteiger partial charge on any atom is -0.360 e. The first-order valence-corrected chi connectivity index (χ1v) is 11.3. The molecular weight excluding hydrogens is 456 g/mol. The van der Waals surface area contributed by atoms with Gasteiger partial charge in [-0.3, -0.25) is 14.2 Å². The van der Waals surface area contributed by atoms with Crippen molar-refractivity contribution in [3.05, 3.63) is 44.9 Å². The van der Waals surface area contributed by atoms with Crippen molar-refractivity contribution in [3.63, 3.8) is 0 Å². The Bertz CT molecular complexity index is 1060. The van der Waals surface area contributed by atoms with Crippen molar-refractivity contribution < 1.29 is 9.32 Å². The third-order valence-electron chi connectivity index (χ3n) is 4.32. The van der Waals surface area contributed by atoms with Crippen molar-refractivity contribution in [1.29, 1.82) is 0 Å². The van der Waals surface area contributed by atoms with Gasteiger partial charge in [0.25, 0.3) is 5.56 Å². The lowest BCUT2D eigenvalue weighted by atomic mass is 10.2. The quantitative estimate of drug-likeness (QED) is 0.270. The monoisotopic (exact) mass is 478 g/mol. The van der Waals surface area contributed by atoms with Gasteiger partial charge in [0, 0.05) is 29.3 Å². The lowest BCUT2D eigenvalue weighted by molar-refractivity contribution is -0.115. The Hall–Kier alpha value is -2.13. The van der Waals surface area contributed by atoms with Gasteiger partial charge in [-0.05, 0) is 31.5 Å². The van der Waals surface area contributed by atoms with Crippen molar-refractivity contribution in [3.8, 4) is 0 Å². The predicted octanol–water partition coefficient (Wildman–Crippen LogP) is 4.77. The first kappa shape index (κ1) is 21.6. The Labute approximate surface area is 181 Å². The van der Waals surface area contributed by atoms with Crippen LogP contribution in [0, 0.1) is 6.92 Å². The van der Waals surface area contributed by atoms with Crippen LogP contribution in [0.4, 0.5) is 5.82 Å². The number of amides is 1. The van der Waals surface area contributed by atoms with Crippen LogP contribution in [0.15, 0.2) is 43.2 Å². The van der Waals surface area contributed by atoms with E-state index >= 15 is 0 Å². The van der Waals surface area contributed by atoms with E-state index in [4.69, 9.17) is 4.52 Å². The number of benzene rings is 1. The highest BCUT2D eigenvalue weighted by Gasteiger charge is 2.13. The third-order valence-corrected chi connectivity index (χ3v) is 5.79. The van der Waals surface area contributed by atoms with E-state index in [9.17, 15) is 9.59 Å². The lowest BCUT2D eigenvalue weighted by Gasteiger charge is -2.13. The van der Waals surface area contributed by atoms with Crippen molar-refractivity contribution >= 4 is 50.3 Å². The molecule has 29 heavy (non-hydrogen) atoms. The molecule has 1 N–H and O–H groups in total. The molecule has 0 aliphatic heterocycles. The second-order valence-corrected chi connectivity index (χ2v) is 8.67. The highest BCUT2D eigenvalue weighted by molar-refractivity contribution is 9.10. The van der Waals surface area contributed by atoms with Gasteiger partial charge in [-0.25, -0.2) is 4.98 Å². The highest BCUT2D eigenvalue weighted by atomic mass is 79.9. The van der Waals surface area contributed by atoms with E-state index in [-0.39, 0.29) is 17.9 Å². The van der Waals surface area contributed by atoms with E-state index < -0.39 is 0 Å². The second kappa shape index (κ2) is 10.1. The summed E-state index contributed by atoms with van der Waals surface area (Å²) in [7, 11) is 0. The smallest absolute Gasteiger partial charge is 0.262 e. The van der Waals surface area contributed by atoms with Crippen LogP contribution in [0.5, 0.6) is 0 Å². The van der Waals surface area contributed by atoms with Gasteiger partial charge in [-0.2, -0.15) is 0 Å². The fraction of sp³-hybridized carbons (Fsp3) is 0.400. The number of nitrogens with one attached hydrogen (secondary N) is 1. The summed E-state index contributed by atoms with van der Waals surface area (Å²) in [6, 6.07) is 7.18. The molecule has 1 amide bonds. The molecule has 0 saturated carbocycles. The minimum atomic E-state index is -0.157. The van der Waals surface area contributed by atoms with E-state index in [1.807, 2.05) is 18.2 Å². The summed E-state index contributed by atoms with van der Waals surface area (Å²) in [5.74, 6) is 1.39. The average molecular weight is 479 g/mol. The Kier molecular flexibility index (Phi) is 7.49. The van der Waals surface area contributed by atoms with E-state index in [1.165, 1.54) is 11.8 Å². The van der Waals surface area contributed by atoms with Gasteiger partial charge in [0.1, 0.15) is 5.76 Å². The normalized spacial score (nSPS) is 11.1. The second-order valence-electron chi connectivity index (χ2n) is 6.69. The SMILES string of the molecule is CCCCCn1c(SCCC(=O)Nc2cc(C)on2)nc2ccc(Br)cc2c1=O. The van der Waals surface area contributed by atoms with Crippen LogP contribution in [0.2, 0.25) is 0 Å². The topological polar surface area (TPSA) is 90.0 Å². The molecule has 0 aliphatic carbocycles. The summed E-state index contributed by atoms with van der Waals surface area (Å²) in [5, 5.41) is 7.70. The zero-order chi connectivity index (χ0) is 20.8. The molecule has 0 fully saturated rings. The Balaban J connectivity index is 1.74. The number of hydrogen-bond donors (Lipinski definition) is 1. The molecule has 7 nitrogen and oxygen atoms in total. The fourth-order valence-electron chi connectivity index (χ4n) is 2.87. The maximum absolute atomic E-state index is 13.0. The van der Waals surface area contributed by atoms with Crippen molar-refractivity contribution in [1.82, 2.24) is 14.7 Å². The number of aryl methyl sites for hydroxylation is 1. The molecule has 0 spiro atoms. The number of thioether (sulfide) groups is 1. The van der Waals surface area contributed by atoms with Gasteiger partial charge in [-0.15, -0.1) is 0 Å². The summed E-state index contributed by atoms with van der Waals surface area (Å²) in [6.07, 6.45) is 3.31. The van der Waals surface area contributed by atoms with E-state index in [1.54, 1.807) is 17.6 Å². The number of nitrogens with zero attached hydrogens (tertiary/aromatic N) is 3. The largest absolute Gasteiger partial charge is 0.360 e. The Morgan fingerprint density at radius 3 is 2.86 bits per heavy atom. The zero-order valence-electron chi connectivity index (χ0n) is 16.4. The lowest BCUT2D eigenvalue weighted by Crippen LogP contribution is -2.24. The van der Waals surface area contributed by atoms with Gasteiger partial charge in [0.15, 0.2) is 11.0 Å². The Morgan fingerprint density at radius 1 is 1.31 bits per heavy atom. The summed E-state index contributed by atoms with van der Waals surface area (Å²) in [5.41, 5.74) is 0.618. The fourth-order valence-corrected chi connectivity index (χ4v) is 4.19. The van der Waals surface area contributed by atoms with Crippen molar-refractivity contribution in [2.24, 2.45) is 0 Å². The van der Waals surface area contributed by atoms with Crippen LogP contribution >= 0.6 is 27.7 Å². The average Bonchev–Trinajstić information content (AvgIpc) is 3.09. The molecule has 2 heterocycles. The first-order chi connectivity index (χ1) is 14.0. The van der Waals surface area contributed by atoms with E-state index in [0.29, 0.717) is 39.9 Å². The maximum atomic E-state index is 13.0. The van der Waals surface area contributed by atoms with Crippen molar-refractivity contribution in [2.45, 2.75) is 51.2 Å². The van der Waals surface area contributed by atoms with Gasteiger partial charge >= 0.3 is 0 Å². The van der Waals surface area contributed by atoms with E-state index in [2.05, 4.69) is 38.3 Å². The van der Waals surface area contributed by atoms with Crippen LogP contribution in [-0.2, 0) is 11.3 Å². The molecule has 154 valence electrons. The molecule has 0 bridgehead atoms. The minimum absolute atomic E-state index is 0.0440. The highest BCUT2D eigenvalue weighted by Crippen LogP contribution is 2.22. The number of aromatic nitrogens is 3. The molecule has 1 aromatic carbocycles. The number of halogens is 1. The molecule has 3 rings (SSSR count). The standard InChI is InChI=1S/C20H23BrN4O3S/c1-3-4-5-9-25-19(27)15-12-14(21)6-7-16(15)22-20(25)29-10-8-18(26)23-17-11-13(2)28-24-17/h6-7,11-12H,3-5,8-10H2,1-2H3,(H,23,24,26). The van der Waals surface area contributed by atoms with Crippen LogP contribution in [-0.4, -0.2) is 26.4 Å². The molecule has 9 heteroatoms. The number of carbonyl (C=O) groups is 1. The molecule has 0 radical (unpaired) electrons. The predicted molar refractivity (Wildman–Crippen MR) is 118 cm³/mol. The number of anilines is 1. The molecule has 2 aromatic heterocycles.